The summed E-state index contributed by atoms with van der Waals surface area (Å²) in [6.07, 6.45) is 0. The molecule has 6 aromatic rings. The number of methoxy groups -OCH3 is 4. The number of carbonyl (C=O) groups excluding carboxylic acids is 1. The van der Waals surface area contributed by atoms with Crippen molar-refractivity contribution in [1.82, 2.24) is 10.3 Å². The Morgan fingerprint density at radius 1 is 0.455 bits per heavy atom. The maximum Gasteiger partial charge on any atom is 0.205 e. The highest BCUT2D eigenvalue weighted by atomic mass is 16.5. The van der Waals surface area contributed by atoms with E-state index in [0.29, 0.717) is 68.2 Å². The molecule has 2 aromatic heterocycles. The van der Waals surface area contributed by atoms with Gasteiger partial charge in [0.15, 0.2) is 11.5 Å². The van der Waals surface area contributed by atoms with E-state index >= 15 is 0 Å². The molecule has 0 saturated heterocycles. The molecule has 4 aromatic carbocycles. The summed E-state index contributed by atoms with van der Waals surface area (Å²) in [5.41, 5.74) is 3.89. The predicted molar refractivity (Wildman–Crippen MR) is 164 cm³/mol. The quantitative estimate of drug-likeness (QED) is 0.150. The van der Waals surface area contributed by atoms with Crippen LogP contribution in [0.25, 0.3) is 45.2 Å². The molecule has 220 valence electrons. The number of ether oxygens (including phenoxy) is 4. The number of hydrogen-bond acceptors (Lipinski definition) is 9. The Morgan fingerprint density at radius 3 is 1.00 bits per heavy atom. The molecule has 0 atom stereocenters. The summed E-state index contributed by atoms with van der Waals surface area (Å²) in [6.45, 7) is 0. The minimum absolute atomic E-state index is 0.257. The number of nitrogens with zero attached hydrogens (tertiary/aromatic N) is 2. The maximum absolute atomic E-state index is 14.9. The van der Waals surface area contributed by atoms with Gasteiger partial charge in [-0.1, -0.05) is 10.3 Å². The molecule has 9 nitrogen and oxygen atoms in total. The van der Waals surface area contributed by atoms with E-state index in [1.54, 1.807) is 77.0 Å². The number of ketones is 1. The Hall–Kier alpha value is -5.83. The van der Waals surface area contributed by atoms with Crippen LogP contribution in [0.15, 0.2) is 106 Å². The minimum Gasteiger partial charge on any atom is -0.497 e. The lowest BCUT2D eigenvalue weighted by Crippen LogP contribution is -2.06. The summed E-state index contributed by atoms with van der Waals surface area (Å²) in [4.78, 5) is 14.9. The van der Waals surface area contributed by atoms with Crippen molar-refractivity contribution in [3.8, 4) is 68.2 Å². The second kappa shape index (κ2) is 12.2. The van der Waals surface area contributed by atoms with E-state index in [2.05, 4.69) is 10.3 Å². The van der Waals surface area contributed by atoms with Crippen LogP contribution in [0.3, 0.4) is 0 Å². The van der Waals surface area contributed by atoms with Crippen molar-refractivity contribution in [1.29, 1.82) is 0 Å². The predicted octanol–water partition coefficient (Wildman–Crippen LogP) is 7.60. The van der Waals surface area contributed by atoms with Crippen molar-refractivity contribution < 1.29 is 32.8 Å². The van der Waals surface area contributed by atoms with Crippen molar-refractivity contribution >= 4 is 5.78 Å². The van der Waals surface area contributed by atoms with Gasteiger partial charge in [-0.2, -0.15) is 0 Å². The van der Waals surface area contributed by atoms with Gasteiger partial charge in [-0.05, 0) is 97.1 Å². The first-order valence-corrected chi connectivity index (χ1v) is 13.7. The second-order valence-corrected chi connectivity index (χ2v) is 9.71. The normalized spacial score (nSPS) is 10.8. The molecule has 6 rings (SSSR count). The van der Waals surface area contributed by atoms with Gasteiger partial charge in [0, 0.05) is 22.3 Å². The van der Waals surface area contributed by atoms with Gasteiger partial charge in [0.25, 0.3) is 0 Å². The Kier molecular flexibility index (Phi) is 7.84. The van der Waals surface area contributed by atoms with Gasteiger partial charge in [0.2, 0.25) is 5.78 Å². The van der Waals surface area contributed by atoms with Crippen molar-refractivity contribution in [2.24, 2.45) is 0 Å². The van der Waals surface area contributed by atoms with E-state index in [1.165, 1.54) is 0 Å². The Morgan fingerprint density at radius 2 is 0.727 bits per heavy atom. The third-order valence-corrected chi connectivity index (χ3v) is 7.27. The van der Waals surface area contributed by atoms with Crippen LogP contribution in [-0.4, -0.2) is 44.5 Å². The number of hydrogen-bond donors (Lipinski definition) is 0. The van der Waals surface area contributed by atoms with E-state index in [1.807, 2.05) is 48.5 Å². The van der Waals surface area contributed by atoms with E-state index in [9.17, 15) is 4.79 Å². The monoisotopic (exact) mass is 588 g/mol. The van der Waals surface area contributed by atoms with Crippen molar-refractivity contribution in [2.45, 2.75) is 0 Å². The van der Waals surface area contributed by atoms with Crippen LogP contribution < -0.4 is 18.9 Å². The largest absolute Gasteiger partial charge is 0.497 e. The lowest BCUT2D eigenvalue weighted by molar-refractivity contribution is 0.104. The van der Waals surface area contributed by atoms with Crippen LogP contribution in [0, 0.1) is 0 Å². The molecule has 0 spiro atoms. The Bertz CT molecular complexity index is 1620. The van der Waals surface area contributed by atoms with Gasteiger partial charge in [-0.15, -0.1) is 0 Å². The van der Waals surface area contributed by atoms with Crippen molar-refractivity contribution in [3.05, 3.63) is 108 Å². The van der Waals surface area contributed by atoms with Gasteiger partial charge in [-0.25, -0.2) is 0 Å². The molecule has 44 heavy (non-hydrogen) atoms. The first-order valence-electron chi connectivity index (χ1n) is 13.7. The van der Waals surface area contributed by atoms with Crippen molar-refractivity contribution in [3.63, 3.8) is 0 Å². The first kappa shape index (κ1) is 28.3. The molecule has 0 N–H and O–H groups in total. The van der Waals surface area contributed by atoms with E-state index in [0.717, 1.165) is 0 Å². The minimum atomic E-state index is -0.374. The molecule has 0 aliphatic rings. The van der Waals surface area contributed by atoms with Gasteiger partial charge in [0.05, 0.1) is 39.6 Å². The van der Waals surface area contributed by atoms with Crippen molar-refractivity contribution in [2.75, 3.05) is 28.4 Å². The molecule has 0 fully saturated rings. The Balaban J connectivity index is 1.58. The zero-order valence-electron chi connectivity index (χ0n) is 24.5. The molecule has 0 saturated carbocycles. The molecule has 9 heteroatoms. The fourth-order valence-corrected chi connectivity index (χ4v) is 4.90. The van der Waals surface area contributed by atoms with Crippen LogP contribution in [0.5, 0.6) is 23.0 Å². The van der Waals surface area contributed by atoms with E-state index < -0.39 is 0 Å². The second-order valence-electron chi connectivity index (χ2n) is 9.71. The first-order chi connectivity index (χ1) is 21.5. The summed E-state index contributed by atoms with van der Waals surface area (Å²) in [5, 5.41) is 8.78. The van der Waals surface area contributed by atoms with Crippen LogP contribution in [0.2, 0.25) is 0 Å². The average Bonchev–Trinajstić information content (AvgIpc) is 3.74. The molecule has 0 aliphatic carbocycles. The molecular weight excluding hydrogens is 560 g/mol. The highest BCUT2D eigenvalue weighted by Crippen LogP contribution is 2.40. The van der Waals surface area contributed by atoms with Crippen LogP contribution >= 0.6 is 0 Å². The number of benzene rings is 4. The number of carbonyl (C=O) groups is 1. The molecule has 2 heterocycles. The molecular formula is C35H28N2O7. The lowest BCUT2D eigenvalue weighted by atomic mass is 9.91. The van der Waals surface area contributed by atoms with Gasteiger partial charge >= 0.3 is 0 Å². The third-order valence-electron chi connectivity index (χ3n) is 7.27. The van der Waals surface area contributed by atoms with Gasteiger partial charge in [-0.3, -0.25) is 4.79 Å². The number of aromatic nitrogens is 2. The lowest BCUT2D eigenvalue weighted by Gasteiger charge is -2.08. The summed E-state index contributed by atoms with van der Waals surface area (Å²) in [7, 11) is 6.37. The zero-order valence-corrected chi connectivity index (χ0v) is 24.5. The molecule has 0 bridgehead atoms. The molecule has 0 unspecified atom stereocenters. The standard InChI is InChI=1S/C35H28N2O7/c1-39-25-13-5-21(6-14-25)31-29(34(43-36-31)23-9-17-27(41-3)18-10-23)33(38)30-32(22-7-15-26(40-2)16-8-22)37-44-35(30)24-11-19-28(42-4)20-12-24/h5-20H,1-4H3. The smallest absolute Gasteiger partial charge is 0.205 e. The average molecular weight is 589 g/mol. The molecule has 0 amide bonds. The zero-order chi connectivity index (χ0) is 30.6. The molecule has 0 aliphatic heterocycles. The van der Waals surface area contributed by atoms with Crippen LogP contribution in [0.4, 0.5) is 0 Å². The SMILES string of the molecule is COc1ccc(-c2noc(-c3ccc(OC)cc3)c2C(=O)c2c(-c3ccc(OC)cc3)noc2-c2ccc(OC)cc2)cc1. The summed E-state index contributed by atoms with van der Waals surface area (Å²) >= 11 is 0. The van der Waals surface area contributed by atoms with E-state index in [4.69, 9.17) is 28.0 Å². The summed E-state index contributed by atoms with van der Waals surface area (Å²) in [6, 6.07) is 29.0. The summed E-state index contributed by atoms with van der Waals surface area (Å²) < 4.78 is 33.2. The van der Waals surface area contributed by atoms with Gasteiger partial charge in [0.1, 0.15) is 34.4 Å². The maximum atomic E-state index is 14.9. The Labute approximate surface area is 253 Å². The third kappa shape index (κ3) is 5.27. The van der Waals surface area contributed by atoms with Crippen LogP contribution in [0.1, 0.15) is 15.9 Å². The van der Waals surface area contributed by atoms with E-state index in [-0.39, 0.29) is 16.9 Å². The van der Waals surface area contributed by atoms with Crippen LogP contribution in [-0.2, 0) is 0 Å². The highest BCUT2D eigenvalue weighted by molar-refractivity contribution is 6.20. The number of rotatable bonds is 10. The highest BCUT2D eigenvalue weighted by Gasteiger charge is 2.33. The topological polar surface area (TPSA) is 106 Å². The fourth-order valence-electron chi connectivity index (χ4n) is 4.90. The summed E-state index contributed by atoms with van der Waals surface area (Å²) in [5.74, 6) is 2.89. The molecule has 0 radical (unpaired) electrons. The van der Waals surface area contributed by atoms with Gasteiger partial charge < -0.3 is 28.0 Å². The fraction of sp³-hybridized carbons (Fsp3) is 0.114.